The van der Waals surface area contributed by atoms with Crippen molar-refractivity contribution in [2.24, 2.45) is 11.1 Å². The molecule has 0 saturated heterocycles. The molecular formula is C14H21N3O3S. The highest BCUT2D eigenvalue weighted by Gasteiger charge is 2.23. The van der Waals surface area contributed by atoms with E-state index in [-0.39, 0.29) is 18.4 Å². The first-order valence-corrected chi connectivity index (χ1v) is 8.10. The van der Waals surface area contributed by atoms with E-state index in [1.807, 2.05) is 0 Å². The van der Waals surface area contributed by atoms with Crippen LogP contribution >= 0.6 is 11.3 Å². The van der Waals surface area contributed by atoms with Gasteiger partial charge in [-0.3, -0.25) is 0 Å². The SMILES string of the molecule is CCOC(=O)/C(=N/O[C@H]1CCC[C@@H](C)C1)c1csc(N)n1. The largest absolute Gasteiger partial charge is 0.461 e. The van der Waals surface area contributed by atoms with E-state index in [1.165, 1.54) is 17.8 Å². The Kier molecular flexibility index (Phi) is 5.55. The molecule has 21 heavy (non-hydrogen) atoms. The Bertz CT molecular complexity index is 515. The summed E-state index contributed by atoms with van der Waals surface area (Å²) in [5.74, 6) is 0.0894. The third kappa shape index (κ3) is 4.42. The molecule has 0 amide bonds. The van der Waals surface area contributed by atoms with Crippen LogP contribution in [-0.4, -0.2) is 29.4 Å². The van der Waals surface area contributed by atoms with Gasteiger partial charge in [0.2, 0.25) is 5.71 Å². The molecule has 1 fully saturated rings. The molecule has 1 saturated carbocycles. The van der Waals surface area contributed by atoms with Gasteiger partial charge in [0.05, 0.1) is 6.61 Å². The van der Waals surface area contributed by atoms with E-state index in [0.717, 1.165) is 19.3 Å². The molecule has 0 unspecified atom stereocenters. The molecule has 6 nitrogen and oxygen atoms in total. The molecule has 2 rings (SSSR count). The van der Waals surface area contributed by atoms with Crippen LogP contribution in [0.1, 0.15) is 45.2 Å². The van der Waals surface area contributed by atoms with Crippen LogP contribution < -0.4 is 5.73 Å². The van der Waals surface area contributed by atoms with Crippen molar-refractivity contribution in [1.82, 2.24) is 4.98 Å². The molecule has 7 heteroatoms. The summed E-state index contributed by atoms with van der Waals surface area (Å²) in [6.45, 7) is 4.22. The van der Waals surface area contributed by atoms with E-state index in [0.29, 0.717) is 16.7 Å². The molecule has 0 aliphatic heterocycles. The average molecular weight is 311 g/mol. The topological polar surface area (TPSA) is 86.8 Å². The standard InChI is InChI=1S/C14H21N3O3S/c1-3-19-13(18)12(11-8-21-14(15)16-11)17-20-10-6-4-5-9(2)7-10/h8-10H,3-7H2,1-2H3,(H2,15,16)/b17-12+/t9-,10+/m1/s1. The first-order valence-electron chi connectivity index (χ1n) is 7.22. The normalized spacial score (nSPS) is 22.9. The summed E-state index contributed by atoms with van der Waals surface area (Å²) in [5, 5.41) is 6.08. The summed E-state index contributed by atoms with van der Waals surface area (Å²) in [7, 11) is 0. The Morgan fingerprint density at radius 2 is 2.38 bits per heavy atom. The van der Waals surface area contributed by atoms with E-state index in [1.54, 1.807) is 12.3 Å². The summed E-state index contributed by atoms with van der Waals surface area (Å²) in [6.07, 6.45) is 4.31. The maximum atomic E-state index is 12.0. The lowest BCUT2D eigenvalue weighted by molar-refractivity contribution is -0.135. The van der Waals surface area contributed by atoms with Crippen molar-refractivity contribution < 1.29 is 14.4 Å². The number of carbonyl (C=O) groups excluding carboxylic acids is 1. The summed E-state index contributed by atoms with van der Waals surface area (Å²) < 4.78 is 5.00. The Balaban J connectivity index is 2.10. The number of oxime groups is 1. The van der Waals surface area contributed by atoms with Crippen molar-refractivity contribution in [3.63, 3.8) is 0 Å². The lowest BCUT2D eigenvalue weighted by Gasteiger charge is -2.24. The number of nitrogens with zero attached hydrogens (tertiary/aromatic N) is 2. The second-order valence-electron chi connectivity index (χ2n) is 5.23. The highest BCUT2D eigenvalue weighted by molar-refractivity contribution is 7.13. The predicted octanol–water partition coefficient (Wildman–Crippen LogP) is 2.59. The number of rotatable bonds is 5. The fraction of sp³-hybridized carbons (Fsp3) is 0.643. The van der Waals surface area contributed by atoms with Gasteiger partial charge < -0.3 is 15.3 Å². The molecule has 1 aromatic heterocycles. The highest BCUT2D eigenvalue weighted by Crippen LogP contribution is 2.26. The molecular weight excluding hydrogens is 290 g/mol. The first kappa shape index (κ1) is 15.8. The number of carbonyl (C=O) groups is 1. The Morgan fingerprint density at radius 1 is 1.57 bits per heavy atom. The van der Waals surface area contributed by atoms with Crippen LogP contribution in [0.4, 0.5) is 5.13 Å². The van der Waals surface area contributed by atoms with Gasteiger partial charge in [-0.2, -0.15) is 0 Å². The highest BCUT2D eigenvalue weighted by atomic mass is 32.1. The molecule has 1 aliphatic rings. The van der Waals surface area contributed by atoms with E-state index in [4.69, 9.17) is 15.3 Å². The lowest BCUT2D eigenvalue weighted by Crippen LogP contribution is -2.23. The van der Waals surface area contributed by atoms with Crippen molar-refractivity contribution in [2.75, 3.05) is 12.3 Å². The van der Waals surface area contributed by atoms with Crippen LogP contribution in [0.3, 0.4) is 0 Å². The smallest absolute Gasteiger partial charge is 0.362 e. The van der Waals surface area contributed by atoms with E-state index in [9.17, 15) is 4.79 Å². The number of aromatic nitrogens is 1. The molecule has 1 aliphatic carbocycles. The molecule has 0 radical (unpaired) electrons. The zero-order valence-electron chi connectivity index (χ0n) is 12.4. The number of thiazole rings is 1. The Labute approximate surface area is 128 Å². The van der Waals surface area contributed by atoms with Gasteiger partial charge in [-0.15, -0.1) is 11.3 Å². The molecule has 1 heterocycles. The summed E-state index contributed by atoms with van der Waals surface area (Å²) in [4.78, 5) is 21.6. The third-order valence-electron chi connectivity index (χ3n) is 3.41. The van der Waals surface area contributed by atoms with Gasteiger partial charge in [0.25, 0.3) is 0 Å². The van der Waals surface area contributed by atoms with Crippen molar-refractivity contribution in [3.8, 4) is 0 Å². The monoisotopic (exact) mass is 311 g/mol. The molecule has 0 bridgehead atoms. The number of ether oxygens (including phenoxy) is 1. The third-order valence-corrected chi connectivity index (χ3v) is 4.09. The minimum atomic E-state index is -0.536. The first-order chi connectivity index (χ1) is 10.1. The van der Waals surface area contributed by atoms with Crippen LogP contribution in [0.2, 0.25) is 0 Å². The number of hydrogen-bond donors (Lipinski definition) is 1. The van der Waals surface area contributed by atoms with Crippen LogP contribution in [0, 0.1) is 5.92 Å². The van der Waals surface area contributed by atoms with Gasteiger partial charge in [0.1, 0.15) is 11.8 Å². The number of anilines is 1. The molecule has 2 N–H and O–H groups in total. The number of nitrogens with two attached hydrogens (primary N) is 1. The second kappa shape index (κ2) is 7.40. The number of hydrogen-bond acceptors (Lipinski definition) is 7. The number of nitrogen functional groups attached to an aromatic ring is 1. The van der Waals surface area contributed by atoms with Gasteiger partial charge >= 0.3 is 5.97 Å². The van der Waals surface area contributed by atoms with Crippen molar-refractivity contribution >= 4 is 28.1 Å². The molecule has 2 atom stereocenters. The van der Waals surface area contributed by atoms with Gasteiger partial charge in [-0.25, -0.2) is 9.78 Å². The van der Waals surface area contributed by atoms with Crippen LogP contribution in [-0.2, 0) is 14.4 Å². The van der Waals surface area contributed by atoms with Gasteiger partial charge in [0.15, 0.2) is 5.13 Å². The maximum absolute atomic E-state index is 12.0. The Hall–Kier alpha value is -1.63. The predicted molar refractivity (Wildman–Crippen MR) is 82.2 cm³/mol. The average Bonchev–Trinajstić information content (AvgIpc) is 2.86. The lowest BCUT2D eigenvalue weighted by atomic mass is 9.89. The molecule has 0 aromatic carbocycles. The fourth-order valence-electron chi connectivity index (χ4n) is 2.39. The van der Waals surface area contributed by atoms with Crippen molar-refractivity contribution in [2.45, 2.75) is 45.6 Å². The van der Waals surface area contributed by atoms with Crippen molar-refractivity contribution in [1.29, 1.82) is 0 Å². The zero-order valence-corrected chi connectivity index (χ0v) is 13.2. The fourth-order valence-corrected chi connectivity index (χ4v) is 2.93. The molecule has 116 valence electrons. The summed E-state index contributed by atoms with van der Waals surface area (Å²) in [6, 6.07) is 0. The molecule has 1 aromatic rings. The quantitative estimate of drug-likeness (QED) is 0.513. The van der Waals surface area contributed by atoms with Gasteiger partial charge in [0, 0.05) is 5.38 Å². The van der Waals surface area contributed by atoms with E-state index < -0.39 is 5.97 Å². The minimum Gasteiger partial charge on any atom is -0.461 e. The summed E-state index contributed by atoms with van der Waals surface area (Å²) >= 11 is 1.25. The Morgan fingerprint density at radius 3 is 3.00 bits per heavy atom. The van der Waals surface area contributed by atoms with Crippen LogP contribution in [0.15, 0.2) is 10.5 Å². The van der Waals surface area contributed by atoms with Crippen LogP contribution in [0.5, 0.6) is 0 Å². The van der Waals surface area contributed by atoms with E-state index >= 15 is 0 Å². The zero-order chi connectivity index (χ0) is 15.2. The molecule has 0 spiro atoms. The van der Waals surface area contributed by atoms with Crippen LogP contribution in [0.25, 0.3) is 0 Å². The minimum absolute atomic E-state index is 0.0501. The number of esters is 1. The summed E-state index contributed by atoms with van der Waals surface area (Å²) in [5.41, 5.74) is 6.10. The van der Waals surface area contributed by atoms with E-state index in [2.05, 4.69) is 17.1 Å². The van der Waals surface area contributed by atoms with Crippen molar-refractivity contribution in [3.05, 3.63) is 11.1 Å². The van der Waals surface area contributed by atoms with Gasteiger partial charge in [-0.1, -0.05) is 18.5 Å². The van der Waals surface area contributed by atoms with Gasteiger partial charge in [-0.05, 0) is 32.1 Å². The maximum Gasteiger partial charge on any atom is 0.362 e. The second-order valence-corrected chi connectivity index (χ2v) is 6.12.